The third kappa shape index (κ3) is 2.68. The monoisotopic (exact) mass is 307 g/mol. The maximum atomic E-state index is 12.6. The number of imidazole rings is 1. The first-order chi connectivity index (χ1) is 10.1. The lowest BCUT2D eigenvalue weighted by molar-refractivity contribution is 0.0918. The number of carbonyl (C=O) groups excluding carboxylic acids is 1. The van der Waals surface area contributed by atoms with Crippen molar-refractivity contribution in [2.24, 2.45) is 13.0 Å². The van der Waals surface area contributed by atoms with Gasteiger partial charge < -0.3 is 9.88 Å². The summed E-state index contributed by atoms with van der Waals surface area (Å²) in [6.07, 6.45) is 7.37. The molecule has 21 heavy (non-hydrogen) atoms. The molecule has 2 heterocycles. The smallest absolute Gasteiger partial charge is 0.271 e. The fourth-order valence-electron chi connectivity index (χ4n) is 2.54. The molecule has 0 radical (unpaired) electrons. The molecule has 0 bridgehead atoms. The molecule has 0 aliphatic heterocycles. The molecular weight excluding hydrogens is 290 g/mol. The summed E-state index contributed by atoms with van der Waals surface area (Å²) in [6.45, 7) is 2.53. The van der Waals surface area contributed by atoms with Crippen LogP contribution in [-0.2, 0) is 13.6 Å². The molecule has 1 N–H and O–H groups in total. The van der Waals surface area contributed by atoms with Gasteiger partial charge in [-0.25, -0.2) is 4.98 Å². The molecule has 1 amide bonds. The molecule has 2 aromatic heterocycles. The number of amides is 1. The Balaban J connectivity index is 1.85. The van der Waals surface area contributed by atoms with Crippen molar-refractivity contribution >= 4 is 17.5 Å². The quantitative estimate of drug-likeness (QED) is 0.920. The lowest BCUT2D eigenvalue weighted by Crippen LogP contribution is -2.33. The van der Waals surface area contributed by atoms with E-state index in [4.69, 9.17) is 11.6 Å². The van der Waals surface area contributed by atoms with Gasteiger partial charge in [0.2, 0.25) is 0 Å². The third-order valence-electron chi connectivity index (χ3n) is 3.83. The number of hydrogen-bond donors (Lipinski definition) is 1. The van der Waals surface area contributed by atoms with E-state index in [-0.39, 0.29) is 11.9 Å². The van der Waals surface area contributed by atoms with Gasteiger partial charge in [-0.15, -0.1) is 0 Å². The van der Waals surface area contributed by atoms with Gasteiger partial charge in [0.05, 0.1) is 17.3 Å². The largest absolute Gasteiger partial charge is 0.340 e. The molecular formula is C14H18ClN5O. The van der Waals surface area contributed by atoms with E-state index < -0.39 is 0 Å². The summed E-state index contributed by atoms with van der Waals surface area (Å²) in [4.78, 5) is 16.9. The Morgan fingerprint density at radius 3 is 2.90 bits per heavy atom. The van der Waals surface area contributed by atoms with E-state index in [0.29, 0.717) is 23.2 Å². The Morgan fingerprint density at radius 2 is 2.33 bits per heavy atom. The van der Waals surface area contributed by atoms with Crippen LogP contribution < -0.4 is 5.32 Å². The zero-order valence-corrected chi connectivity index (χ0v) is 12.8. The van der Waals surface area contributed by atoms with Crippen LogP contribution in [0.3, 0.4) is 0 Å². The first kappa shape index (κ1) is 14.1. The van der Waals surface area contributed by atoms with Crippen LogP contribution in [0.1, 0.15) is 42.1 Å². The second-order valence-corrected chi connectivity index (χ2v) is 5.75. The summed E-state index contributed by atoms with van der Waals surface area (Å²) < 4.78 is 3.56. The number of hydrogen-bond acceptors (Lipinski definition) is 3. The zero-order valence-electron chi connectivity index (χ0n) is 12.1. The molecule has 3 rings (SSSR count). The van der Waals surface area contributed by atoms with E-state index in [1.54, 1.807) is 10.9 Å². The van der Waals surface area contributed by atoms with Crippen LogP contribution in [-0.4, -0.2) is 25.2 Å². The van der Waals surface area contributed by atoms with Crippen LogP contribution in [0, 0.1) is 5.92 Å². The topological polar surface area (TPSA) is 64.7 Å². The summed E-state index contributed by atoms with van der Waals surface area (Å²) in [6, 6.07) is -0.0752. The summed E-state index contributed by atoms with van der Waals surface area (Å²) in [5.74, 6) is 1.13. The highest BCUT2D eigenvalue weighted by Gasteiger charge is 2.36. The lowest BCUT2D eigenvalue weighted by Gasteiger charge is -2.18. The minimum Gasteiger partial charge on any atom is -0.340 e. The number of nitrogens with zero attached hydrogens (tertiary/aromatic N) is 4. The molecule has 1 saturated carbocycles. The SMILES string of the molecule is CCn1ncc(Cl)c1C(=O)NC(c1nccn1C)C1CC1. The molecule has 1 aliphatic carbocycles. The maximum Gasteiger partial charge on any atom is 0.271 e. The first-order valence-corrected chi connectivity index (χ1v) is 7.49. The van der Waals surface area contributed by atoms with Gasteiger partial charge in [-0.05, 0) is 25.7 Å². The lowest BCUT2D eigenvalue weighted by atomic mass is 10.1. The molecule has 6 nitrogen and oxygen atoms in total. The fraction of sp³-hybridized carbons (Fsp3) is 0.500. The Morgan fingerprint density at radius 1 is 1.57 bits per heavy atom. The van der Waals surface area contributed by atoms with Crippen molar-refractivity contribution in [3.63, 3.8) is 0 Å². The second-order valence-electron chi connectivity index (χ2n) is 5.34. The summed E-state index contributed by atoms with van der Waals surface area (Å²) in [5, 5.41) is 7.56. The van der Waals surface area contributed by atoms with E-state index in [0.717, 1.165) is 18.7 Å². The minimum absolute atomic E-state index is 0.0752. The van der Waals surface area contributed by atoms with Gasteiger partial charge in [0, 0.05) is 26.0 Å². The number of aromatic nitrogens is 4. The molecule has 1 aliphatic rings. The van der Waals surface area contributed by atoms with Crippen molar-refractivity contribution in [2.45, 2.75) is 32.4 Å². The highest BCUT2D eigenvalue weighted by Crippen LogP contribution is 2.40. The van der Waals surface area contributed by atoms with Crippen LogP contribution in [0.25, 0.3) is 0 Å². The number of aryl methyl sites for hydroxylation is 2. The fourth-order valence-corrected chi connectivity index (χ4v) is 2.76. The molecule has 1 fully saturated rings. The second kappa shape index (κ2) is 5.52. The van der Waals surface area contributed by atoms with Gasteiger partial charge in [0.25, 0.3) is 5.91 Å². The first-order valence-electron chi connectivity index (χ1n) is 7.11. The Bertz CT molecular complexity index is 658. The summed E-state index contributed by atoms with van der Waals surface area (Å²) in [5.41, 5.74) is 0.416. The zero-order chi connectivity index (χ0) is 15.0. The van der Waals surface area contributed by atoms with Crippen LogP contribution in [0.4, 0.5) is 0 Å². The minimum atomic E-state index is -0.195. The maximum absolute atomic E-state index is 12.6. The van der Waals surface area contributed by atoms with Crippen molar-refractivity contribution in [1.82, 2.24) is 24.6 Å². The van der Waals surface area contributed by atoms with Gasteiger partial charge in [-0.1, -0.05) is 11.6 Å². The predicted molar refractivity (Wildman–Crippen MR) is 79.1 cm³/mol. The average molecular weight is 308 g/mol. The standard InChI is InChI=1S/C14H18ClN5O/c1-3-20-12(10(15)8-17-20)14(21)18-11(9-4-5-9)13-16-6-7-19(13)2/h6-9,11H,3-5H2,1-2H3,(H,18,21). The molecule has 112 valence electrons. The molecule has 0 aromatic carbocycles. The molecule has 0 saturated heterocycles. The molecule has 1 atom stereocenters. The van der Waals surface area contributed by atoms with E-state index in [2.05, 4.69) is 15.4 Å². The Labute approximate surface area is 128 Å². The van der Waals surface area contributed by atoms with Crippen molar-refractivity contribution in [1.29, 1.82) is 0 Å². The van der Waals surface area contributed by atoms with Crippen molar-refractivity contribution in [2.75, 3.05) is 0 Å². The highest BCUT2D eigenvalue weighted by molar-refractivity contribution is 6.33. The van der Waals surface area contributed by atoms with Gasteiger partial charge in [-0.3, -0.25) is 9.48 Å². The number of carbonyl (C=O) groups is 1. The van der Waals surface area contributed by atoms with Crippen molar-refractivity contribution in [3.8, 4) is 0 Å². The van der Waals surface area contributed by atoms with Gasteiger partial charge in [-0.2, -0.15) is 5.10 Å². The van der Waals surface area contributed by atoms with E-state index >= 15 is 0 Å². The molecule has 7 heteroatoms. The van der Waals surface area contributed by atoms with Gasteiger partial charge in [0.1, 0.15) is 11.5 Å². The molecule has 1 unspecified atom stereocenters. The van der Waals surface area contributed by atoms with E-state index in [9.17, 15) is 4.79 Å². The highest BCUT2D eigenvalue weighted by atomic mass is 35.5. The summed E-state index contributed by atoms with van der Waals surface area (Å²) >= 11 is 6.09. The van der Waals surface area contributed by atoms with Crippen LogP contribution in [0.2, 0.25) is 5.02 Å². The van der Waals surface area contributed by atoms with Crippen molar-refractivity contribution in [3.05, 3.63) is 35.1 Å². The number of halogens is 1. The molecule has 2 aromatic rings. The van der Waals surface area contributed by atoms with E-state index in [1.165, 1.54) is 6.20 Å². The number of rotatable bonds is 5. The van der Waals surface area contributed by atoms with Gasteiger partial charge >= 0.3 is 0 Å². The Kier molecular flexibility index (Phi) is 3.71. The van der Waals surface area contributed by atoms with Gasteiger partial charge in [0.15, 0.2) is 0 Å². The van der Waals surface area contributed by atoms with Crippen LogP contribution >= 0.6 is 11.6 Å². The van der Waals surface area contributed by atoms with Crippen LogP contribution in [0.5, 0.6) is 0 Å². The van der Waals surface area contributed by atoms with E-state index in [1.807, 2.05) is 24.7 Å². The molecule has 0 spiro atoms. The van der Waals surface area contributed by atoms with Crippen LogP contribution in [0.15, 0.2) is 18.6 Å². The normalized spacial score (nSPS) is 16.0. The van der Waals surface area contributed by atoms with Crippen molar-refractivity contribution < 1.29 is 4.79 Å². The third-order valence-corrected chi connectivity index (χ3v) is 4.10. The number of nitrogens with one attached hydrogen (secondary N) is 1. The Hall–Kier alpha value is -1.82. The predicted octanol–water partition coefficient (Wildman–Crippen LogP) is 2.17. The summed E-state index contributed by atoms with van der Waals surface area (Å²) in [7, 11) is 1.94. The average Bonchev–Trinajstić information content (AvgIpc) is 3.11.